The van der Waals surface area contributed by atoms with Crippen molar-refractivity contribution in [2.75, 3.05) is 11.9 Å². The summed E-state index contributed by atoms with van der Waals surface area (Å²) in [6, 6.07) is 18.7. The van der Waals surface area contributed by atoms with Crippen molar-refractivity contribution < 1.29 is 14.3 Å². The lowest BCUT2D eigenvalue weighted by Gasteiger charge is -2.10. The van der Waals surface area contributed by atoms with Gasteiger partial charge in [-0.25, -0.2) is 4.79 Å². The van der Waals surface area contributed by atoms with Gasteiger partial charge in [-0.3, -0.25) is 4.79 Å². The van der Waals surface area contributed by atoms with Crippen LogP contribution in [0, 0.1) is 10.5 Å². The molecule has 0 saturated carbocycles. The summed E-state index contributed by atoms with van der Waals surface area (Å²) >= 11 is 2.21. The van der Waals surface area contributed by atoms with Gasteiger partial charge in [0.2, 0.25) is 0 Å². The number of anilines is 1. The molecule has 4 nitrogen and oxygen atoms in total. The third-order valence-corrected chi connectivity index (χ3v) is 4.48. The highest BCUT2D eigenvalue weighted by atomic mass is 127. The number of aryl methyl sites for hydroxylation is 1. The van der Waals surface area contributed by atoms with Crippen molar-refractivity contribution in [3.05, 3.63) is 75.4 Å². The first kappa shape index (κ1) is 17.4. The number of ether oxygens (including phenoxy) is 1. The van der Waals surface area contributed by atoms with Crippen LogP contribution < -0.4 is 5.32 Å². The Hall–Kier alpha value is -2.41. The standard InChI is InChI=1S/C20H16INO3/c1-13-11-15(21)9-10-18(13)22-19(23)12-25-20(24)17-8-4-6-14-5-2-3-7-16(14)17/h2-11H,12H2,1H3,(H,22,23). The summed E-state index contributed by atoms with van der Waals surface area (Å²) in [5.74, 6) is -0.871. The van der Waals surface area contributed by atoms with Crippen LogP contribution in [0.5, 0.6) is 0 Å². The maximum atomic E-state index is 12.3. The van der Waals surface area contributed by atoms with E-state index in [-0.39, 0.29) is 12.5 Å². The second-order valence-corrected chi connectivity index (χ2v) is 6.86. The van der Waals surface area contributed by atoms with Crippen LogP contribution in [0.2, 0.25) is 0 Å². The van der Waals surface area contributed by atoms with E-state index in [1.165, 1.54) is 0 Å². The average molecular weight is 445 g/mol. The number of hydrogen-bond acceptors (Lipinski definition) is 3. The molecule has 25 heavy (non-hydrogen) atoms. The van der Waals surface area contributed by atoms with Crippen molar-refractivity contribution in [2.24, 2.45) is 0 Å². The van der Waals surface area contributed by atoms with Gasteiger partial charge in [-0.2, -0.15) is 0 Å². The number of carbonyl (C=O) groups excluding carboxylic acids is 2. The van der Waals surface area contributed by atoms with Crippen molar-refractivity contribution in [2.45, 2.75) is 6.92 Å². The maximum absolute atomic E-state index is 12.3. The predicted octanol–water partition coefficient (Wildman–Crippen LogP) is 4.55. The Kier molecular flexibility index (Phi) is 5.33. The lowest BCUT2D eigenvalue weighted by atomic mass is 10.1. The number of amides is 1. The van der Waals surface area contributed by atoms with Crippen molar-refractivity contribution >= 4 is 50.9 Å². The van der Waals surface area contributed by atoms with Crippen LogP contribution >= 0.6 is 22.6 Å². The molecule has 0 aliphatic heterocycles. The molecular weight excluding hydrogens is 429 g/mol. The first-order valence-corrected chi connectivity index (χ1v) is 8.83. The minimum Gasteiger partial charge on any atom is -0.452 e. The summed E-state index contributed by atoms with van der Waals surface area (Å²) in [7, 11) is 0. The number of hydrogen-bond donors (Lipinski definition) is 1. The van der Waals surface area contributed by atoms with Crippen LogP contribution in [-0.4, -0.2) is 18.5 Å². The lowest BCUT2D eigenvalue weighted by molar-refractivity contribution is -0.119. The van der Waals surface area contributed by atoms with Gasteiger partial charge >= 0.3 is 5.97 Å². The third kappa shape index (κ3) is 4.17. The molecule has 1 amide bonds. The minimum atomic E-state index is -0.508. The van der Waals surface area contributed by atoms with Crippen LogP contribution in [0.3, 0.4) is 0 Å². The Morgan fingerprint density at radius 3 is 2.60 bits per heavy atom. The minimum absolute atomic E-state index is 0.326. The van der Waals surface area contributed by atoms with E-state index in [0.717, 1.165) is 19.9 Å². The van der Waals surface area contributed by atoms with E-state index >= 15 is 0 Å². The molecule has 0 aromatic heterocycles. The van der Waals surface area contributed by atoms with E-state index in [1.807, 2.05) is 55.5 Å². The molecule has 0 bridgehead atoms. The van der Waals surface area contributed by atoms with Gasteiger partial charge in [-0.05, 0) is 70.1 Å². The van der Waals surface area contributed by atoms with E-state index in [9.17, 15) is 9.59 Å². The molecule has 0 atom stereocenters. The summed E-state index contributed by atoms with van der Waals surface area (Å²) < 4.78 is 6.27. The summed E-state index contributed by atoms with van der Waals surface area (Å²) in [5.41, 5.74) is 2.13. The zero-order valence-corrected chi connectivity index (χ0v) is 15.7. The molecule has 0 spiro atoms. The Balaban J connectivity index is 1.66. The number of fused-ring (bicyclic) bond motifs is 1. The lowest BCUT2D eigenvalue weighted by Crippen LogP contribution is -2.21. The van der Waals surface area contributed by atoms with Gasteiger partial charge in [0, 0.05) is 9.26 Å². The fraction of sp³-hybridized carbons (Fsp3) is 0.100. The number of esters is 1. The van der Waals surface area contributed by atoms with Gasteiger partial charge in [-0.1, -0.05) is 36.4 Å². The van der Waals surface area contributed by atoms with Gasteiger partial charge in [0.05, 0.1) is 5.56 Å². The Labute approximate surface area is 159 Å². The molecule has 0 unspecified atom stereocenters. The first-order valence-electron chi connectivity index (χ1n) is 7.75. The number of halogens is 1. The molecule has 0 saturated heterocycles. The number of nitrogens with one attached hydrogen (secondary N) is 1. The van der Waals surface area contributed by atoms with Crippen LogP contribution in [0.1, 0.15) is 15.9 Å². The molecule has 0 radical (unpaired) electrons. The summed E-state index contributed by atoms with van der Waals surface area (Å²) in [6.45, 7) is 1.59. The first-order chi connectivity index (χ1) is 12.0. The van der Waals surface area contributed by atoms with E-state index in [2.05, 4.69) is 27.9 Å². The van der Waals surface area contributed by atoms with Crippen molar-refractivity contribution in [3.8, 4) is 0 Å². The zero-order valence-electron chi connectivity index (χ0n) is 13.6. The van der Waals surface area contributed by atoms with E-state index < -0.39 is 5.97 Å². The molecule has 5 heteroatoms. The van der Waals surface area contributed by atoms with Gasteiger partial charge in [-0.15, -0.1) is 0 Å². The van der Waals surface area contributed by atoms with E-state index in [4.69, 9.17) is 4.74 Å². The molecule has 0 heterocycles. The monoisotopic (exact) mass is 445 g/mol. The fourth-order valence-corrected chi connectivity index (χ4v) is 3.21. The van der Waals surface area contributed by atoms with Crippen LogP contribution in [0.4, 0.5) is 5.69 Å². The van der Waals surface area contributed by atoms with Gasteiger partial charge in [0.1, 0.15) is 0 Å². The van der Waals surface area contributed by atoms with Crippen molar-refractivity contribution in [1.82, 2.24) is 0 Å². The molecule has 1 N–H and O–H groups in total. The fourth-order valence-electron chi connectivity index (χ4n) is 2.57. The molecule has 3 aromatic carbocycles. The quantitative estimate of drug-likeness (QED) is 0.474. The number of benzene rings is 3. The topological polar surface area (TPSA) is 55.4 Å². The predicted molar refractivity (Wildman–Crippen MR) is 107 cm³/mol. The van der Waals surface area contributed by atoms with Crippen LogP contribution in [0.15, 0.2) is 60.7 Å². The van der Waals surface area contributed by atoms with Gasteiger partial charge in [0.25, 0.3) is 5.91 Å². The van der Waals surface area contributed by atoms with Crippen molar-refractivity contribution in [1.29, 1.82) is 0 Å². The van der Waals surface area contributed by atoms with Gasteiger partial charge in [0.15, 0.2) is 6.61 Å². The van der Waals surface area contributed by atoms with Gasteiger partial charge < -0.3 is 10.1 Å². The zero-order chi connectivity index (χ0) is 17.8. The largest absolute Gasteiger partial charge is 0.452 e. The van der Waals surface area contributed by atoms with E-state index in [1.54, 1.807) is 12.1 Å². The molecule has 3 aromatic rings. The SMILES string of the molecule is Cc1cc(I)ccc1NC(=O)COC(=O)c1cccc2ccccc12. The number of rotatable bonds is 4. The molecule has 0 aliphatic rings. The normalized spacial score (nSPS) is 10.5. The highest BCUT2D eigenvalue weighted by Crippen LogP contribution is 2.20. The smallest absolute Gasteiger partial charge is 0.339 e. The van der Waals surface area contributed by atoms with Crippen LogP contribution in [0.25, 0.3) is 10.8 Å². The van der Waals surface area contributed by atoms with Crippen molar-refractivity contribution in [3.63, 3.8) is 0 Å². The van der Waals surface area contributed by atoms with Crippen LogP contribution in [-0.2, 0) is 9.53 Å². The highest BCUT2D eigenvalue weighted by Gasteiger charge is 2.13. The molecule has 126 valence electrons. The summed E-state index contributed by atoms with van der Waals surface area (Å²) in [5, 5.41) is 4.53. The Bertz CT molecular complexity index is 947. The maximum Gasteiger partial charge on any atom is 0.339 e. The molecule has 3 rings (SSSR count). The number of carbonyl (C=O) groups is 2. The molecule has 0 aliphatic carbocycles. The third-order valence-electron chi connectivity index (χ3n) is 3.81. The molecular formula is C20H16INO3. The average Bonchev–Trinajstić information content (AvgIpc) is 2.61. The Morgan fingerprint density at radius 1 is 1.04 bits per heavy atom. The summed E-state index contributed by atoms with van der Waals surface area (Å²) in [6.07, 6.45) is 0. The highest BCUT2D eigenvalue weighted by molar-refractivity contribution is 14.1. The van der Waals surface area contributed by atoms with E-state index in [0.29, 0.717) is 11.3 Å². The second-order valence-electron chi connectivity index (χ2n) is 5.61. The Morgan fingerprint density at radius 2 is 1.80 bits per heavy atom. The summed E-state index contributed by atoms with van der Waals surface area (Å²) in [4.78, 5) is 24.4. The second kappa shape index (κ2) is 7.65. The molecule has 0 fully saturated rings.